The number of ether oxygens (including phenoxy) is 3. The quantitative estimate of drug-likeness (QED) is 0.161. The predicted octanol–water partition coefficient (Wildman–Crippen LogP) is 4.14. The second kappa shape index (κ2) is 13.4. The molecule has 0 spiro atoms. The number of aliphatic hydroxyl groups is 1. The summed E-state index contributed by atoms with van der Waals surface area (Å²) >= 11 is 2.30. The number of aliphatic hydroxyl groups excluding tert-OH is 1. The topological polar surface area (TPSA) is 118 Å². The Hall–Kier alpha value is -3.19. The van der Waals surface area contributed by atoms with Crippen molar-refractivity contribution in [3.8, 4) is 35.4 Å². The van der Waals surface area contributed by atoms with Gasteiger partial charge in [-0.2, -0.15) is 10.2 Å². The van der Waals surface area contributed by atoms with Crippen LogP contribution in [-0.2, 0) is 24.9 Å². The number of fused-ring (bicyclic) bond motifs is 1. The number of rotatable bonds is 13. The molecule has 5 heterocycles. The minimum Gasteiger partial charge on any atom is -0.476 e. The molecule has 0 amide bonds. The van der Waals surface area contributed by atoms with Crippen LogP contribution in [0.3, 0.4) is 0 Å². The highest BCUT2D eigenvalue weighted by Gasteiger charge is 2.33. The van der Waals surface area contributed by atoms with Crippen LogP contribution in [0.2, 0.25) is 0 Å². The van der Waals surface area contributed by atoms with Crippen LogP contribution >= 0.6 is 22.6 Å². The largest absolute Gasteiger partial charge is 0.476 e. The molecule has 234 valence electrons. The van der Waals surface area contributed by atoms with E-state index in [1.807, 2.05) is 35.6 Å². The zero-order valence-electron chi connectivity index (χ0n) is 25.4. The zero-order chi connectivity index (χ0) is 30.8. The van der Waals surface area contributed by atoms with Crippen molar-refractivity contribution in [3.63, 3.8) is 0 Å². The third-order valence-electron chi connectivity index (χ3n) is 8.10. The summed E-state index contributed by atoms with van der Waals surface area (Å²) in [6.07, 6.45) is 14.5. The van der Waals surface area contributed by atoms with E-state index < -0.39 is 0 Å². The minimum atomic E-state index is -0.140. The molecule has 4 aromatic heterocycles. The number of aryl methyl sites for hydroxylation is 1. The summed E-state index contributed by atoms with van der Waals surface area (Å²) < 4.78 is 24.8. The monoisotopic (exact) mass is 714 g/mol. The molecule has 6 rings (SSSR count). The van der Waals surface area contributed by atoms with Gasteiger partial charge in [0.1, 0.15) is 11.8 Å². The van der Waals surface area contributed by atoms with E-state index in [0.29, 0.717) is 49.7 Å². The highest BCUT2D eigenvalue weighted by molar-refractivity contribution is 14.1. The molecule has 1 aliphatic carbocycles. The van der Waals surface area contributed by atoms with Gasteiger partial charge in [0.25, 0.3) is 0 Å². The Balaban J connectivity index is 1.22. The van der Waals surface area contributed by atoms with Crippen LogP contribution < -0.4 is 9.47 Å². The van der Waals surface area contributed by atoms with Gasteiger partial charge in [0.2, 0.25) is 11.8 Å². The second-order valence-corrected chi connectivity index (χ2v) is 12.4. The lowest BCUT2D eigenvalue weighted by Crippen LogP contribution is -2.36. The molecule has 2 atom stereocenters. The highest BCUT2D eigenvalue weighted by atomic mass is 127. The summed E-state index contributed by atoms with van der Waals surface area (Å²) in [5.41, 5.74) is 3.99. The average Bonchev–Trinajstić information content (AvgIpc) is 3.65. The smallest absolute Gasteiger partial charge is 0.246 e. The maximum Gasteiger partial charge on any atom is 0.246 e. The second-order valence-electron chi connectivity index (χ2n) is 11.4. The van der Waals surface area contributed by atoms with Gasteiger partial charge in [-0.25, -0.2) is 9.36 Å². The third kappa shape index (κ3) is 6.30. The molecule has 1 N–H and O–H groups in total. The standard InChI is InChI=1S/C31H39IN8O4/c1-5-24-22-15-25(33-17-26(22)40(35-24)28-9-7-8-14-43-28)23-16-34-37(4)31(23)44-20(3)18-38(21-10-11-21)19-27-29(32)30(42-6-2)36-39(27)12-13-41/h1,15-17,20-21,28,41H,6-14,18-19H2,2-4H3/t20-,28?/m0/s1. The van der Waals surface area contributed by atoms with E-state index in [4.69, 9.17) is 30.7 Å². The molecule has 12 nitrogen and oxygen atoms in total. The van der Waals surface area contributed by atoms with E-state index in [2.05, 4.69) is 50.5 Å². The molecule has 1 aliphatic heterocycles. The molecule has 0 bridgehead atoms. The minimum absolute atomic E-state index is 0.0142. The first-order valence-corrected chi connectivity index (χ1v) is 16.4. The van der Waals surface area contributed by atoms with Gasteiger partial charge < -0.3 is 19.3 Å². The summed E-state index contributed by atoms with van der Waals surface area (Å²) in [5, 5.41) is 24.3. The van der Waals surface area contributed by atoms with Crippen LogP contribution in [0.1, 0.15) is 63.6 Å². The fourth-order valence-corrected chi connectivity index (χ4v) is 6.52. The van der Waals surface area contributed by atoms with Gasteiger partial charge in [0, 0.05) is 38.2 Å². The number of pyridine rings is 1. The maximum absolute atomic E-state index is 9.64. The van der Waals surface area contributed by atoms with E-state index >= 15 is 0 Å². The van der Waals surface area contributed by atoms with Crippen LogP contribution in [0, 0.1) is 15.9 Å². The van der Waals surface area contributed by atoms with Crippen LogP contribution in [-0.4, -0.2) is 82.8 Å². The summed E-state index contributed by atoms with van der Waals surface area (Å²) in [6.45, 7) is 7.12. The molecule has 2 aliphatic rings. The molecule has 0 aromatic carbocycles. The van der Waals surface area contributed by atoms with Crippen molar-refractivity contribution < 1.29 is 19.3 Å². The molecular weight excluding hydrogens is 675 g/mol. The van der Waals surface area contributed by atoms with Crippen molar-refractivity contribution in [2.24, 2.45) is 7.05 Å². The highest BCUT2D eigenvalue weighted by Crippen LogP contribution is 2.35. The molecule has 1 saturated heterocycles. The van der Waals surface area contributed by atoms with Gasteiger partial charge in [0.15, 0.2) is 6.23 Å². The first-order chi connectivity index (χ1) is 21.4. The summed E-state index contributed by atoms with van der Waals surface area (Å²) in [6, 6.07) is 2.45. The van der Waals surface area contributed by atoms with E-state index in [-0.39, 0.29) is 18.9 Å². The van der Waals surface area contributed by atoms with Gasteiger partial charge in [-0.15, -0.1) is 11.5 Å². The Morgan fingerprint density at radius 1 is 1.25 bits per heavy atom. The van der Waals surface area contributed by atoms with Crippen molar-refractivity contribution in [3.05, 3.63) is 33.4 Å². The average molecular weight is 715 g/mol. The number of aromatic nitrogens is 7. The van der Waals surface area contributed by atoms with Crippen LogP contribution in [0.25, 0.3) is 22.2 Å². The van der Waals surface area contributed by atoms with Crippen molar-refractivity contribution in [2.75, 3.05) is 26.4 Å². The van der Waals surface area contributed by atoms with Crippen molar-refractivity contribution in [2.45, 2.75) is 77.4 Å². The van der Waals surface area contributed by atoms with Crippen LogP contribution in [0.5, 0.6) is 11.8 Å². The van der Waals surface area contributed by atoms with Gasteiger partial charge in [0.05, 0.1) is 58.2 Å². The summed E-state index contributed by atoms with van der Waals surface area (Å²) in [5.74, 6) is 4.00. The maximum atomic E-state index is 9.64. The zero-order valence-corrected chi connectivity index (χ0v) is 27.6. The lowest BCUT2D eigenvalue weighted by molar-refractivity contribution is -0.0367. The van der Waals surface area contributed by atoms with Crippen molar-refractivity contribution in [1.82, 2.24) is 39.2 Å². The number of hydrogen-bond acceptors (Lipinski definition) is 9. The Bertz CT molecular complexity index is 1650. The first-order valence-electron chi connectivity index (χ1n) is 15.3. The molecule has 2 fully saturated rings. The molecule has 44 heavy (non-hydrogen) atoms. The van der Waals surface area contributed by atoms with Crippen molar-refractivity contribution in [1.29, 1.82) is 0 Å². The molecule has 0 radical (unpaired) electrons. The van der Waals surface area contributed by atoms with Crippen LogP contribution in [0.15, 0.2) is 18.5 Å². The van der Waals surface area contributed by atoms with E-state index in [0.717, 1.165) is 70.1 Å². The van der Waals surface area contributed by atoms with E-state index in [9.17, 15) is 5.11 Å². The third-order valence-corrected chi connectivity index (χ3v) is 9.18. The summed E-state index contributed by atoms with van der Waals surface area (Å²) in [4.78, 5) is 7.24. The number of terminal acetylenes is 1. The van der Waals surface area contributed by atoms with Crippen molar-refractivity contribution >= 4 is 33.5 Å². The Kier molecular flexibility index (Phi) is 9.41. The molecule has 1 unspecified atom stereocenters. The first kappa shape index (κ1) is 30.8. The lowest BCUT2D eigenvalue weighted by Gasteiger charge is -2.26. The molecule has 1 saturated carbocycles. The lowest BCUT2D eigenvalue weighted by atomic mass is 10.1. The number of hydrogen-bond donors (Lipinski definition) is 1. The fourth-order valence-electron chi connectivity index (χ4n) is 5.81. The van der Waals surface area contributed by atoms with E-state index in [1.165, 1.54) is 0 Å². The SMILES string of the molecule is C#Cc1nn(C2CCCCO2)c2cnc(-c3cnn(C)c3O[C@@H](C)CN(Cc3c(I)c(OCC)nn3CCO)C3CC3)cc12. The van der Waals surface area contributed by atoms with Crippen LogP contribution in [0.4, 0.5) is 0 Å². The summed E-state index contributed by atoms with van der Waals surface area (Å²) in [7, 11) is 1.87. The molecule has 4 aromatic rings. The molecular formula is C31H39IN8O4. The number of nitrogens with zero attached hydrogens (tertiary/aromatic N) is 8. The Morgan fingerprint density at radius 3 is 2.80 bits per heavy atom. The number of halogens is 1. The Morgan fingerprint density at radius 2 is 2.09 bits per heavy atom. The normalized spacial score (nSPS) is 17.7. The van der Waals surface area contributed by atoms with Gasteiger partial charge in [-0.3, -0.25) is 14.6 Å². The van der Waals surface area contributed by atoms with E-state index in [1.54, 1.807) is 10.9 Å². The predicted molar refractivity (Wildman–Crippen MR) is 173 cm³/mol. The Labute approximate surface area is 270 Å². The fraction of sp³-hybridized carbons (Fsp3) is 0.548. The van der Waals surface area contributed by atoms with Gasteiger partial charge in [-0.05, 0) is 80.5 Å². The molecule has 13 heteroatoms. The van der Waals surface area contributed by atoms with Gasteiger partial charge in [-0.1, -0.05) is 0 Å². The van der Waals surface area contributed by atoms with Gasteiger partial charge >= 0.3 is 0 Å².